The Morgan fingerprint density at radius 1 is 1.26 bits per heavy atom. The van der Waals surface area contributed by atoms with Crippen molar-refractivity contribution < 1.29 is 9.84 Å². The van der Waals surface area contributed by atoms with Crippen LogP contribution in [0.1, 0.15) is 43.3 Å². The van der Waals surface area contributed by atoms with E-state index >= 15 is 0 Å². The Bertz CT molecular complexity index is 651. The first-order valence-corrected chi connectivity index (χ1v) is 8.42. The first-order valence-electron chi connectivity index (χ1n) is 8.04. The SMILES string of the molecule is Cn1c(COc2cccc(Cl)c2)nnc1[C@H]1CC[C@H](CO)CC1. The molecule has 1 aliphatic rings. The van der Waals surface area contributed by atoms with Gasteiger partial charge < -0.3 is 14.4 Å². The molecule has 2 aromatic rings. The summed E-state index contributed by atoms with van der Waals surface area (Å²) >= 11 is 5.96. The Hall–Kier alpha value is -1.59. The van der Waals surface area contributed by atoms with Crippen molar-refractivity contribution in [2.45, 2.75) is 38.2 Å². The quantitative estimate of drug-likeness (QED) is 0.910. The van der Waals surface area contributed by atoms with E-state index in [1.54, 1.807) is 6.07 Å². The molecule has 1 saturated carbocycles. The van der Waals surface area contributed by atoms with Gasteiger partial charge in [0, 0.05) is 24.6 Å². The molecule has 124 valence electrons. The van der Waals surface area contributed by atoms with E-state index < -0.39 is 0 Å². The molecule has 0 spiro atoms. The summed E-state index contributed by atoms with van der Waals surface area (Å²) in [6.07, 6.45) is 4.24. The van der Waals surface area contributed by atoms with E-state index in [9.17, 15) is 5.11 Å². The van der Waals surface area contributed by atoms with Crippen molar-refractivity contribution in [3.63, 3.8) is 0 Å². The highest BCUT2D eigenvalue weighted by Crippen LogP contribution is 2.34. The zero-order valence-electron chi connectivity index (χ0n) is 13.3. The smallest absolute Gasteiger partial charge is 0.170 e. The van der Waals surface area contributed by atoms with Gasteiger partial charge in [0.1, 0.15) is 18.2 Å². The maximum absolute atomic E-state index is 9.25. The third kappa shape index (κ3) is 3.85. The summed E-state index contributed by atoms with van der Waals surface area (Å²) < 4.78 is 7.78. The van der Waals surface area contributed by atoms with E-state index in [-0.39, 0.29) is 0 Å². The molecule has 1 N–H and O–H groups in total. The average Bonchev–Trinajstić information content (AvgIpc) is 2.94. The van der Waals surface area contributed by atoms with Crippen LogP contribution in [0.3, 0.4) is 0 Å². The van der Waals surface area contributed by atoms with Crippen molar-refractivity contribution in [3.8, 4) is 5.75 Å². The first-order chi connectivity index (χ1) is 11.2. The number of benzene rings is 1. The van der Waals surface area contributed by atoms with E-state index in [1.807, 2.05) is 29.8 Å². The van der Waals surface area contributed by atoms with Crippen molar-refractivity contribution >= 4 is 11.6 Å². The van der Waals surface area contributed by atoms with E-state index in [1.165, 1.54) is 0 Å². The molecule has 1 aliphatic carbocycles. The summed E-state index contributed by atoms with van der Waals surface area (Å²) in [5, 5.41) is 18.5. The molecule has 1 aromatic carbocycles. The maximum atomic E-state index is 9.25. The monoisotopic (exact) mass is 335 g/mol. The fourth-order valence-electron chi connectivity index (χ4n) is 3.16. The Kier molecular flexibility index (Phi) is 5.18. The maximum Gasteiger partial charge on any atom is 0.170 e. The number of rotatable bonds is 5. The minimum atomic E-state index is 0.296. The molecular formula is C17H22ClN3O2. The molecule has 0 bridgehead atoms. The number of aliphatic hydroxyl groups excluding tert-OH is 1. The van der Waals surface area contributed by atoms with E-state index in [0.717, 1.165) is 43.1 Å². The molecule has 0 radical (unpaired) electrons. The minimum Gasteiger partial charge on any atom is -0.486 e. The first kappa shape index (κ1) is 16.3. The summed E-state index contributed by atoms with van der Waals surface area (Å²) in [6.45, 7) is 0.667. The van der Waals surface area contributed by atoms with Crippen LogP contribution in [0.15, 0.2) is 24.3 Å². The van der Waals surface area contributed by atoms with Crippen LogP contribution in [-0.4, -0.2) is 26.5 Å². The van der Waals surface area contributed by atoms with Gasteiger partial charge in [-0.25, -0.2) is 0 Å². The topological polar surface area (TPSA) is 60.2 Å². The Labute approximate surface area is 141 Å². The van der Waals surface area contributed by atoms with Gasteiger partial charge in [-0.1, -0.05) is 17.7 Å². The molecule has 5 nitrogen and oxygen atoms in total. The highest BCUT2D eigenvalue weighted by Gasteiger charge is 2.26. The predicted octanol–water partition coefficient (Wildman–Crippen LogP) is 3.31. The van der Waals surface area contributed by atoms with Crippen molar-refractivity contribution in [1.82, 2.24) is 14.8 Å². The standard InChI is InChI=1S/C17H22ClN3O2/c1-21-16(11-23-15-4-2-3-14(18)9-15)19-20-17(21)13-7-5-12(10-22)6-8-13/h2-4,9,12-13,22H,5-8,10-11H2,1H3/t12-,13-. The van der Waals surface area contributed by atoms with E-state index in [4.69, 9.17) is 16.3 Å². The third-order valence-corrected chi connectivity index (χ3v) is 4.87. The fraction of sp³-hybridized carbons (Fsp3) is 0.529. The van der Waals surface area contributed by atoms with Gasteiger partial charge in [-0.3, -0.25) is 0 Å². The number of aliphatic hydroxyl groups is 1. The summed E-state index contributed by atoms with van der Waals surface area (Å²) in [7, 11) is 1.99. The summed E-state index contributed by atoms with van der Waals surface area (Å²) in [6, 6.07) is 7.34. The van der Waals surface area contributed by atoms with Crippen LogP contribution >= 0.6 is 11.6 Å². The lowest BCUT2D eigenvalue weighted by molar-refractivity contribution is 0.180. The Morgan fingerprint density at radius 3 is 2.74 bits per heavy atom. The molecule has 0 atom stereocenters. The highest BCUT2D eigenvalue weighted by atomic mass is 35.5. The third-order valence-electron chi connectivity index (χ3n) is 4.63. The van der Waals surface area contributed by atoms with Gasteiger partial charge in [-0.2, -0.15) is 0 Å². The van der Waals surface area contributed by atoms with Crippen molar-refractivity contribution in [2.75, 3.05) is 6.61 Å². The second kappa shape index (κ2) is 7.32. The number of aromatic nitrogens is 3. The molecular weight excluding hydrogens is 314 g/mol. The molecule has 1 heterocycles. The van der Waals surface area contributed by atoms with Crippen molar-refractivity contribution in [3.05, 3.63) is 40.9 Å². The number of nitrogens with zero attached hydrogens (tertiary/aromatic N) is 3. The highest BCUT2D eigenvalue weighted by molar-refractivity contribution is 6.30. The lowest BCUT2D eigenvalue weighted by Crippen LogP contribution is -2.18. The van der Waals surface area contributed by atoms with Crippen molar-refractivity contribution in [1.29, 1.82) is 0 Å². The van der Waals surface area contributed by atoms with Crippen LogP contribution in [0.2, 0.25) is 5.02 Å². The molecule has 0 amide bonds. The van der Waals surface area contributed by atoms with Gasteiger partial charge >= 0.3 is 0 Å². The van der Waals surface area contributed by atoms with Gasteiger partial charge in [-0.05, 0) is 49.8 Å². The van der Waals surface area contributed by atoms with Gasteiger partial charge in [0.25, 0.3) is 0 Å². The predicted molar refractivity (Wildman–Crippen MR) is 88.6 cm³/mol. The Balaban J connectivity index is 1.63. The van der Waals surface area contributed by atoms with Crippen LogP contribution in [0.25, 0.3) is 0 Å². The van der Waals surface area contributed by atoms with Gasteiger partial charge in [0.2, 0.25) is 0 Å². The second-order valence-corrected chi connectivity index (χ2v) is 6.62. The molecule has 1 fully saturated rings. The normalized spacial score (nSPS) is 21.3. The molecule has 0 aliphatic heterocycles. The molecule has 0 saturated heterocycles. The van der Waals surface area contributed by atoms with E-state index in [0.29, 0.717) is 30.1 Å². The fourth-order valence-corrected chi connectivity index (χ4v) is 3.34. The summed E-state index contributed by atoms with van der Waals surface area (Å²) in [5.41, 5.74) is 0. The molecule has 0 unspecified atom stereocenters. The molecule has 23 heavy (non-hydrogen) atoms. The summed E-state index contributed by atoms with van der Waals surface area (Å²) in [5.74, 6) is 3.43. The molecule has 1 aromatic heterocycles. The van der Waals surface area contributed by atoms with E-state index in [2.05, 4.69) is 10.2 Å². The minimum absolute atomic E-state index is 0.296. The zero-order chi connectivity index (χ0) is 16.2. The van der Waals surface area contributed by atoms with Crippen LogP contribution in [0.4, 0.5) is 0 Å². The largest absolute Gasteiger partial charge is 0.486 e. The lowest BCUT2D eigenvalue weighted by atomic mass is 9.82. The summed E-state index contributed by atoms with van der Waals surface area (Å²) in [4.78, 5) is 0. The lowest BCUT2D eigenvalue weighted by Gasteiger charge is -2.26. The van der Waals surface area contributed by atoms with Crippen LogP contribution in [0.5, 0.6) is 5.75 Å². The average molecular weight is 336 g/mol. The Morgan fingerprint density at radius 2 is 2.04 bits per heavy atom. The van der Waals surface area contributed by atoms with Crippen LogP contribution in [0, 0.1) is 5.92 Å². The number of halogens is 1. The molecule has 6 heteroatoms. The van der Waals surface area contributed by atoms with Crippen LogP contribution < -0.4 is 4.74 Å². The number of hydrogen-bond donors (Lipinski definition) is 1. The second-order valence-electron chi connectivity index (χ2n) is 6.18. The number of hydrogen-bond acceptors (Lipinski definition) is 4. The van der Waals surface area contributed by atoms with Crippen molar-refractivity contribution in [2.24, 2.45) is 13.0 Å². The van der Waals surface area contributed by atoms with Gasteiger partial charge in [0.05, 0.1) is 0 Å². The van der Waals surface area contributed by atoms with Gasteiger partial charge in [0.15, 0.2) is 5.82 Å². The molecule has 3 rings (SSSR count). The zero-order valence-corrected chi connectivity index (χ0v) is 14.0. The number of ether oxygens (including phenoxy) is 1. The van der Waals surface area contributed by atoms with Crippen LogP contribution in [-0.2, 0) is 13.7 Å². The van der Waals surface area contributed by atoms with Gasteiger partial charge in [-0.15, -0.1) is 10.2 Å².